The van der Waals surface area contributed by atoms with Gasteiger partial charge in [0.05, 0.1) is 19.9 Å². The first-order chi connectivity index (χ1) is 9.63. The first-order valence-corrected chi connectivity index (χ1v) is 6.54. The average molecular weight is 290 g/mol. The van der Waals surface area contributed by atoms with E-state index in [0.29, 0.717) is 16.5 Å². The molecule has 0 saturated carbocycles. The Morgan fingerprint density at radius 3 is 2.40 bits per heavy atom. The molecular formula is C16H16ClNO2. The van der Waals surface area contributed by atoms with Crippen molar-refractivity contribution in [3.63, 3.8) is 0 Å². The molecule has 0 amide bonds. The van der Waals surface area contributed by atoms with Crippen LogP contribution in [0.1, 0.15) is 11.1 Å². The summed E-state index contributed by atoms with van der Waals surface area (Å²) in [6.45, 7) is 2.00. The lowest BCUT2D eigenvalue weighted by Crippen LogP contribution is -1.95. The van der Waals surface area contributed by atoms with Crippen molar-refractivity contribution < 1.29 is 9.47 Å². The molecule has 20 heavy (non-hydrogen) atoms. The van der Waals surface area contributed by atoms with Crippen molar-refractivity contribution in [2.75, 3.05) is 14.2 Å². The maximum atomic E-state index is 5.93. The largest absolute Gasteiger partial charge is 0.493 e. The summed E-state index contributed by atoms with van der Waals surface area (Å²) in [6, 6.07) is 11.2. The fraction of sp³-hybridized carbons (Fsp3) is 0.188. The standard InChI is InChI=1S/C16H16ClNO2/c1-11-7-15(19-2)16(20-3)8-12(11)10-18-14-6-4-5-13(17)9-14/h4-10H,1-3H3. The van der Waals surface area contributed by atoms with E-state index in [1.165, 1.54) is 0 Å². The molecule has 2 rings (SSSR count). The van der Waals surface area contributed by atoms with Crippen molar-refractivity contribution in [1.29, 1.82) is 0 Å². The second-order valence-corrected chi connectivity index (χ2v) is 4.74. The Labute approximate surface area is 123 Å². The van der Waals surface area contributed by atoms with Crippen LogP contribution >= 0.6 is 11.6 Å². The lowest BCUT2D eigenvalue weighted by molar-refractivity contribution is 0.354. The molecule has 104 valence electrons. The van der Waals surface area contributed by atoms with Gasteiger partial charge in [0.15, 0.2) is 11.5 Å². The molecule has 0 aliphatic carbocycles. The summed E-state index contributed by atoms with van der Waals surface area (Å²) in [5.74, 6) is 1.40. The molecule has 0 spiro atoms. The minimum Gasteiger partial charge on any atom is -0.493 e. The van der Waals surface area contributed by atoms with Crippen LogP contribution in [0.2, 0.25) is 5.02 Å². The molecule has 0 fully saturated rings. The predicted octanol–water partition coefficient (Wildman–Crippen LogP) is 4.42. The number of aliphatic imine (C=N–C) groups is 1. The van der Waals surface area contributed by atoms with E-state index in [0.717, 1.165) is 16.8 Å². The first-order valence-electron chi connectivity index (χ1n) is 6.16. The topological polar surface area (TPSA) is 30.8 Å². The van der Waals surface area contributed by atoms with Crippen LogP contribution in [0, 0.1) is 6.92 Å². The van der Waals surface area contributed by atoms with Crippen molar-refractivity contribution in [1.82, 2.24) is 0 Å². The van der Waals surface area contributed by atoms with E-state index in [9.17, 15) is 0 Å². The van der Waals surface area contributed by atoms with Crippen LogP contribution in [0.15, 0.2) is 41.4 Å². The van der Waals surface area contributed by atoms with Crippen molar-refractivity contribution >= 4 is 23.5 Å². The molecule has 0 aliphatic heterocycles. The number of rotatable bonds is 4. The fourth-order valence-electron chi connectivity index (χ4n) is 1.84. The molecule has 0 N–H and O–H groups in total. The van der Waals surface area contributed by atoms with Gasteiger partial charge in [0.1, 0.15) is 0 Å². The molecule has 0 bridgehead atoms. The van der Waals surface area contributed by atoms with E-state index < -0.39 is 0 Å². The van der Waals surface area contributed by atoms with Crippen molar-refractivity contribution in [2.45, 2.75) is 6.92 Å². The van der Waals surface area contributed by atoms with Gasteiger partial charge < -0.3 is 9.47 Å². The number of methoxy groups -OCH3 is 2. The van der Waals surface area contributed by atoms with Gasteiger partial charge in [-0.3, -0.25) is 4.99 Å². The Hall–Kier alpha value is -2.00. The molecule has 3 nitrogen and oxygen atoms in total. The van der Waals surface area contributed by atoms with Gasteiger partial charge in [0, 0.05) is 11.2 Å². The summed E-state index contributed by atoms with van der Waals surface area (Å²) in [4.78, 5) is 4.42. The van der Waals surface area contributed by atoms with E-state index in [1.54, 1.807) is 20.4 Å². The first kappa shape index (κ1) is 14.4. The van der Waals surface area contributed by atoms with Gasteiger partial charge >= 0.3 is 0 Å². The molecule has 2 aromatic rings. The van der Waals surface area contributed by atoms with E-state index in [4.69, 9.17) is 21.1 Å². The van der Waals surface area contributed by atoms with E-state index in [2.05, 4.69) is 4.99 Å². The number of halogens is 1. The molecule has 2 aromatic carbocycles. The highest BCUT2D eigenvalue weighted by Gasteiger charge is 2.07. The van der Waals surface area contributed by atoms with Gasteiger partial charge in [-0.15, -0.1) is 0 Å². The molecule has 0 radical (unpaired) electrons. The number of nitrogens with zero attached hydrogens (tertiary/aromatic N) is 1. The average Bonchev–Trinajstić information content (AvgIpc) is 2.45. The fourth-order valence-corrected chi connectivity index (χ4v) is 2.02. The lowest BCUT2D eigenvalue weighted by atomic mass is 10.1. The van der Waals surface area contributed by atoms with Crippen molar-refractivity contribution in [2.24, 2.45) is 4.99 Å². The minimum atomic E-state index is 0.670. The Balaban J connectivity index is 2.33. The number of aryl methyl sites for hydroxylation is 1. The molecule has 0 aliphatic rings. The van der Waals surface area contributed by atoms with Crippen LogP contribution in [0.4, 0.5) is 5.69 Å². The van der Waals surface area contributed by atoms with Crippen LogP contribution in [0.25, 0.3) is 0 Å². The lowest BCUT2D eigenvalue weighted by Gasteiger charge is -2.10. The summed E-state index contributed by atoms with van der Waals surface area (Å²) < 4.78 is 10.6. The van der Waals surface area contributed by atoms with E-state index in [-0.39, 0.29) is 0 Å². The number of hydrogen-bond acceptors (Lipinski definition) is 3. The normalized spacial score (nSPS) is 10.8. The minimum absolute atomic E-state index is 0.670. The van der Waals surface area contributed by atoms with Crippen LogP contribution in [-0.4, -0.2) is 20.4 Å². The summed E-state index contributed by atoms with van der Waals surface area (Å²) in [6.07, 6.45) is 1.79. The second-order valence-electron chi connectivity index (χ2n) is 4.30. The van der Waals surface area contributed by atoms with Gasteiger partial charge in [0.2, 0.25) is 0 Å². The van der Waals surface area contributed by atoms with Crippen molar-refractivity contribution in [3.8, 4) is 11.5 Å². The SMILES string of the molecule is COc1cc(C)c(C=Nc2cccc(Cl)c2)cc1OC. The highest BCUT2D eigenvalue weighted by molar-refractivity contribution is 6.30. The van der Waals surface area contributed by atoms with Crippen LogP contribution in [-0.2, 0) is 0 Å². The number of hydrogen-bond donors (Lipinski definition) is 0. The third kappa shape index (κ3) is 3.31. The summed E-state index contributed by atoms with van der Waals surface area (Å²) in [7, 11) is 3.24. The zero-order chi connectivity index (χ0) is 14.5. The highest BCUT2D eigenvalue weighted by Crippen LogP contribution is 2.29. The Kier molecular flexibility index (Phi) is 4.64. The third-order valence-corrected chi connectivity index (χ3v) is 3.17. The Morgan fingerprint density at radius 1 is 1.05 bits per heavy atom. The van der Waals surface area contributed by atoms with Crippen LogP contribution in [0.5, 0.6) is 11.5 Å². The molecule has 0 atom stereocenters. The predicted molar refractivity (Wildman–Crippen MR) is 83.0 cm³/mol. The van der Waals surface area contributed by atoms with Gasteiger partial charge in [-0.05, 0) is 48.4 Å². The Morgan fingerprint density at radius 2 is 1.75 bits per heavy atom. The van der Waals surface area contributed by atoms with E-state index in [1.807, 2.05) is 43.3 Å². The zero-order valence-electron chi connectivity index (χ0n) is 11.7. The maximum Gasteiger partial charge on any atom is 0.161 e. The van der Waals surface area contributed by atoms with Gasteiger partial charge in [-0.25, -0.2) is 0 Å². The molecular weight excluding hydrogens is 274 g/mol. The summed E-state index contributed by atoms with van der Waals surface area (Å²) in [5, 5.41) is 0.670. The monoisotopic (exact) mass is 289 g/mol. The van der Waals surface area contributed by atoms with Crippen molar-refractivity contribution in [3.05, 3.63) is 52.5 Å². The van der Waals surface area contributed by atoms with Crippen LogP contribution in [0.3, 0.4) is 0 Å². The van der Waals surface area contributed by atoms with E-state index >= 15 is 0 Å². The number of benzene rings is 2. The van der Waals surface area contributed by atoms with Crippen LogP contribution < -0.4 is 9.47 Å². The highest BCUT2D eigenvalue weighted by atomic mass is 35.5. The summed E-state index contributed by atoms with van der Waals surface area (Å²) >= 11 is 5.93. The third-order valence-electron chi connectivity index (χ3n) is 2.93. The van der Waals surface area contributed by atoms with Gasteiger partial charge in [-0.1, -0.05) is 17.7 Å². The maximum absolute atomic E-state index is 5.93. The molecule has 0 unspecified atom stereocenters. The molecule has 0 saturated heterocycles. The Bertz CT molecular complexity index is 638. The van der Waals surface area contributed by atoms with Gasteiger partial charge in [0.25, 0.3) is 0 Å². The quantitative estimate of drug-likeness (QED) is 0.780. The summed E-state index contributed by atoms with van der Waals surface area (Å²) in [5.41, 5.74) is 2.85. The second kappa shape index (κ2) is 6.44. The van der Waals surface area contributed by atoms with Gasteiger partial charge in [-0.2, -0.15) is 0 Å². The molecule has 4 heteroatoms. The molecule has 0 aromatic heterocycles. The number of ether oxygens (including phenoxy) is 2. The smallest absolute Gasteiger partial charge is 0.161 e. The zero-order valence-corrected chi connectivity index (χ0v) is 12.4. The molecule has 0 heterocycles.